The molecule has 0 radical (unpaired) electrons. The van der Waals surface area contributed by atoms with Gasteiger partial charge >= 0.3 is 6.18 Å². The third kappa shape index (κ3) is 5.27. The van der Waals surface area contributed by atoms with E-state index in [1.54, 1.807) is 6.92 Å². The number of amides is 1. The Labute approximate surface area is 75.0 Å². The second-order valence-corrected chi connectivity index (χ2v) is 2.58. The minimum atomic E-state index is -4.34. The highest BCUT2D eigenvalue weighted by Gasteiger charge is 2.31. The Balaban J connectivity index is 4.25. The molecule has 0 bridgehead atoms. The van der Waals surface area contributed by atoms with Gasteiger partial charge in [-0.05, 0) is 12.5 Å². The summed E-state index contributed by atoms with van der Waals surface area (Å²) in [6, 6.07) is 0. The maximum atomic E-state index is 11.9. The normalized spacial score (nSPS) is 11.1. The van der Waals surface area contributed by atoms with E-state index in [9.17, 15) is 18.0 Å². The monoisotopic (exact) mass is 195 g/mol. The highest BCUT2D eigenvalue weighted by atomic mass is 19.4. The number of hydrogen-bond acceptors (Lipinski definition) is 1. The average molecular weight is 195 g/mol. The summed E-state index contributed by atoms with van der Waals surface area (Å²) in [4.78, 5) is 11.6. The summed E-state index contributed by atoms with van der Waals surface area (Å²) in [5, 5.41) is 0. The minimum Gasteiger partial charge on any atom is -0.330 e. The summed E-state index contributed by atoms with van der Waals surface area (Å²) < 4.78 is 35.7. The van der Waals surface area contributed by atoms with Gasteiger partial charge in [-0.15, -0.1) is 0 Å². The van der Waals surface area contributed by atoms with Crippen LogP contribution in [0.4, 0.5) is 13.2 Å². The van der Waals surface area contributed by atoms with Crippen LogP contribution in [0, 0.1) is 0 Å². The predicted octanol–water partition coefficient (Wildman–Crippen LogP) is 1.97. The molecule has 0 N–H and O–H groups in total. The molecule has 0 aromatic carbocycles. The maximum absolute atomic E-state index is 11.9. The van der Waals surface area contributed by atoms with E-state index in [4.69, 9.17) is 0 Å². The van der Waals surface area contributed by atoms with E-state index in [0.717, 1.165) is 11.0 Å². The van der Waals surface area contributed by atoms with Crippen molar-refractivity contribution in [3.63, 3.8) is 0 Å². The van der Waals surface area contributed by atoms with Crippen LogP contribution < -0.4 is 0 Å². The van der Waals surface area contributed by atoms with Crippen molar-refractivity contribution in [2.24, 2.45) is 0 Å². The van der Waals surface area contributed by atoms with Gasteiger partial charge < -0.3 is 4.90 Å². The fourth-order valence-electron chi connectivity index (χ4n) is 0.883. The van der Waals surface area contributed by atoms with Gasteiger partial charge in [0.1, 0.15) is 6.54 Å². The first kappa shape index (κ1) is 12.0. The van der Waals surface area contributed by atoms with Gasteiger partial charge in [-0.2, -0.15) is 13.2 Å². The van der Waals surface area contributed by atoms with Crippen molar-refractivity contribution in [2.75, 3.05) is 13.1 Å². The molecule has 0 aromatic heterocycles. The lowest BCUT2D eigenvalue weighted by molar-refractivity contribution is -0.158. The summed E-state index contributed by atoms with van der Waals surface area (Å²) in [6.45, 7) is 3.74. The minimum absolute atomic E-state index is 0.102. The van der Waals surface area contributed by atoms with Crippen molar-refractivity contribution >= 4 is 5.91 Å². The number of hydrogen-bond donors (Lipinski definition) is 0. The zero-order chi connectivity index (χ0) is 10.5. The molecule has 0 aliphatic heterocycles. The van der Waals surface area contributed by atoms with E-state index in [2.05, 4.69) is 6.58 Å². The quantitative estimate of drug-likeness (QED) is 0.628. The van der Waals surface area contributed by atoms with Crippen LogP contribution >= 0.6 is 0 Å². The Morgan fingerprint density at radius 2 is 2.08 bits per heavy atom. The van der Waals surface area contributed by atoms with Gasteiger partial charge in [0.15, 0.2) is 0 Å². The molecular weight excluding hydrogens is 183 g/mol. The zero-order valence-electron chi connectivity index (χ0n) is 7.40. The molecule has 13 heavy (non-hydrogen) atoms. The highest BCUT2D eigenvalue weighted by molar-refractivity contribution is 5.87. The van der Waals surface area contributed by atoms with Gasteiger partial charge in [0, 0.05) is 6.54 Å². The van der Waals surface area contributed by atoms with E-state index >= 15 is 0 Å². The van der Waals surface area contributed by atoms with Gasteiger partial charge in [-0.1, -0.05) is 13.5 Å². The fraction of sp³-hybridized carbons (Fsp3) is 0.625. The molecule has 2 nitrogen and oxygen atoms in total. The molecule has 1 amide bonds. The number of nitrogens with zero attached hydrogens (tertiary/aromatic N) is 1. The van der Waals surface area contributed by atoms with Gasteiger partial charge in [0.25, 0.3) is 0 Å². The van der Waals surface area contributed by atoms with Crippen molar-refractivity contribution in [1.82, 2.24) is 4.90 Å². The van der Waals surface area contributed by atoms with E-state index in [1.807, 2.05) is 0 Å². The molecule has 0 aliphatic carbocycles. The molecule has 0 saturated carbocycles. The van der Waals surface area contributed by atoms with Crippen molar-refractivity contribution in [3.05, 3.63) is 12.7 Å². The Morgan fingerprint density at radius 1 is 1.54 bits per heavy atom. The van der Waals surface area contributed by atoms with Crippen LogP contribution in [0.2, 0.25) is 0 Å². The van der Waals surface area contributed by atoms with Gasteiger partial charge in [0.2, 0.25) is 5.91 Å². The summed E-state index contributed by atoms with van der Waals surface area (Å²) in [6.07, 6.45) is -2.95. The van der Waals surface area contributed by atoms with Crippen LogP contribution in [-0.2, 0) is 4.79 Å². The second-order valence-electron chi connectivity index (χ2n) is 2.58. The first-order valence-corrected chi connectivity index (χ1v) is 3.88. The topological polar surface area (TPSA) is 20.3 Å². The first-order chi connectivity index (χ1) is 5.90. The van der Waals surface area contributed by atoms with Gasteiger partial charge in [-0.3, -0.25) is 4.79 Å². The average Bonchev–Trinajstić information content (AvgIpc) is 2.00. The lowest BCUT2D eigenvalue weighted by atomic mass is 10.3. The first-order valence-electron chi connectivity index (χ1n) is 3.88. The Morgan fingerprint density at radius 3 is 2.38 bits per heavy atom. The number of rotatable bonds is 4. The van der Waals surface area contributed by atoms with Crippen molar-refractivity contribution in [1.29, 1.82) is 0 Å². The lowest BCUT2D eigenvalue weighted by Crippen LogP contribution is -2.38. The molecule has 0 fully saturated rings. The Hall–Kier alpha value is -1.00. The predicted molar refractivity (Wildman–Crippen MR) is 43.1 cm³/mol. The highest BCUT2D eigenvalue weighted by Crippen LogP contribution is 2.16. The van der Waals surface area contributed by atoms with Gasteiger partial charge in [0.05, 0.1) is 0 Å². The van der Waals surface area contributed by atoms with Crippen molar-refractivity contribution < 1.29 is 18.0 Å². The van der Waals surface area contributed by atoms with Crippen molar-refractivity contribution in [3.8, 4) is 0 Å². The summed E-state index contributed by atoms with van der Waals surface area (Å²) in [7, 11) is 0. The molecule has 0 saturated heterocycles. The lowest BCUT2D eigenvalue weighted by Gasteiger charge is -2.21. The summed E-state index contributed by atoms with van der Waals surface area (Å²) in [5.74, 6) is -0.681. The molecule has 0 spiro atoms. The standard InChI is InChI=1S/C8H12F3NO/c1-3-5-12(7(13)4-2)6-8(9,10)11/h4H,2-3,5-6H2,1H3. The van der Waals surface area contributed by atoms with Crippen LogP contribution in [0.25, 0.3) is 0 Å². The van der Waals surface area contributed by atoms with Crippen LogP contribution in [0.5, 0.6) is 0 Å². The molecule has 0 rings (SSSR count). The maximum Gasteiger partial charge on any atom is 0.406 e. The number of halogens is 3. The van der Waals surface area contributed by atoms with Crippen LogP contribution in [-0.4, -0.2) is 30.1 Å². The van der Waals surface area contributed by atoms with E-state index in [0.29, 0.717) is 6.42 Å². The van der Waals surface area contributed by atoms with Crippen molar-refractivity contribution in [2.45, 2.75) is 19.5 Å². The number of carbonyl (C=O) groups excluding carboxylic acids is 1. The smallest absolute Gasteiger partial charge is 0.330 e. The number of alkyl halides is 3. The number of carbonyl (C=O) groups is 1. The Bertz CT molecular complexity index is 188. The third-order valence-electron chi connectivity index (χ3n) is 1.35. The molecule has 5 heteroatoms. The molecule has 0 aromatic rings. The Kier molecular flexibility index (Phi) is 4.51. The van der Waals surface area contributed by atoms with E-state index in [1.165, 1.54) is 0 Å². The zero-order valence-corrected chi connectivity index (χ0v) is 7.40. The van der Waals surface area contributed by atoms with Crippen LogP contribution in [0.3, 0.4) is 0 Å². The molecule has 0 atom stereocenters. The van der Waals surface area contributed by atoms with Crippen LogP contribution in [0.1, 0.15) is 13.3 Å². The third-order valence-corrected chi connectivity index (χ3v) is 1.35. The van der Waals surface area contributed by atoms with E-state index in [-0.39, 0.29) is 6.54 Å². The second kappa shape index (κ2) is 4.89. The summed E-state index contributed by atoms with van der Waals surface area (Å²) in [5.41, 5.74) is 0. The largest absolute Gasteiger partial charge is 0.406 e. The molecule has 76 valence electrons. The van der Waals surface area contributed by atoms with E-state index < -0.39 is 18.6 Å². The molecular formula is C8H12F3NO. The molecule has 0 unspecified atom stereocenters. The van der Waals surface area contributed by atoms with Crippen LogP contribution in [0.15, 0.2) is 12.7 Å². The summed E-state index contributed by atoms with van der Waals surface area (Å²) >= 11 is 0. The fourth-order valence-corrected chi connectivity index (χ4v) is 0.883. The SMILES string of the molecule is C=CC(=O)N(CCC)CC(F)(F)F. The molecule has 0 aliphatic rings. The molecule has 0 heterocycles. The van der Waals surface area contributed by atoms with Gasteiger partial charge in [-0.25, -0.2) is 0 Å².